The van der Waals surface area contributed by atoms with E-state index < -0.39 is 25.7 Å². The van der Waals surface area contributed by atoms with E-state index in [1.807, 2.05) is 0 Å². The SMILES string of the molecule is C[C@@H]1CC[C@@H](C(CCCc2ccc(F)cc2)C(=O)O)/C(=C/[Si](C)(C)C)[C@H]1CCC1(C)OCC(C)(C)CO1. The summed E-state index contributed by atoms with van der Waals surface area (Å²) in [6.45, 7) is 17.1. The van der Waals surface area contributed by atoms with Gasteiger partial charge in [0.05, 0.1) is 27.2 Å². The first-order chi connectivity index (χ1) is 17.2. The summed E-state index contributed by atoms with van der Waals surface area (Å²) < 4.78 is 25.7. The zero-order valence-corrected chi connectivity index (χ0v) is 25.1. The van der Waals surface area contributed by atoms with Crippen LogP contribution in [0.3, 0.4) is 0 Å². The highest BCUT2D eigenvalue weighted by Crippen LogP contribution is 2.47. The molecular formula is C31H49FO4Si. The Labute approximate surface area is 225 Å². The summed E-state index contributed by atoms with van der Waals surface area (Å²) in [5, 5.41) is 10.3. The van der Waals surface area contributed by atoms with Gasteiger partial charge >= 0.3 is 5.97 Å². The second-order valence-electron chi connectivity index (χ2n) is 13.7. The lowest BCUT2D eigenvalue weighted by molar-refractivity contribution is -0.293. The highest BCUT2D eigenvalue weighted by molar-refractivity contribution is 6.81. The summed E-state index contributed by atoms with van der Waals surface area (Å²) in [6, 6.07) is 6.56. The summed E-state index contributed by atoms with van der Waals surface area (Å²) in [4.78, 5) is 12.6. The molecule has 6 heteroatoms. The van der Waals surface area contributed by atoms with Crippen LogP contribution in [0.15, 0.2) is 35.5 Å². The average molecular weight is 533 g/mol. The molecule has 0 aromatic heterocycles. The number of rotatable bonds is 10. The van der Waals surface area contributed by atoms with E-state index in [9.17, 15) is 14.3 Å². The third kappa shape index (κ3) is 8.76. The topological polar surface area (TPSA) is 55.8 Å². The maximum Gasteiger partial charge on any atom is 0.307 e. The van der Waals surface area contributed by atoms with Gasteiger partial charge < -0.3 is 14.6 Å². The molecule has 1 aromatic carbocycles. The molecule has 2 fully saturated rings. The maximum absolute atomic E-state index is 13.3. The molecule has 0 amide bonds. The molecule has 0 radical (unpaired) electrons. The van der Waals surface area contributed by atoms with Gasteiger partial charge in [-0.1, -0.05) is 63.8 Å². The van der Waals surface area contributed by atoms with Crippen molar-refractivity contribution in [1.29, 1.82) is 0 Å². The van der Waals surface area contributed by atoms with E-state index in [4.69, 9.17) is 9.47 Å². The number of halogens is 1. The van der Waals surface area contributed by atoms with Crippen LogP contribution in [0, 0.1) is 34.9 Å². The molecule has 208 valence electrons. The number of hydrogen-bond acceptors (Lipinski definition) is 3. The molecule has 37 heavy (non-hydrogen) atoms. The van der Waals surface area contributed by atoms with E-state index in [2.05, 4.69) is 53.0 Å². The molecule has 3 rings (SSSR count). The molecule has 1 unspecified atom stereocenters. The summed E-state index contributed by atoms with van der Waals surface area (Å²) in [6.07, 6.45) is 5.94. The van der Waals surface area contributed by atoms with Crippen molar-refractivity contribution in [3.05, 3.63) is 46.9 Å². The van der Waals surface area contributed by atoms with Gasteiger partial charge in [0.25, 0.3) is 0 Å². The Bertz CT molecular complexity index is 924. The van der Waals surface area contributed by atoms with E-state index in [1.54, 1.807) is 12.1 Å². The Hall–Kier alpha value is -1.50. The monoisotopic (exact) mass is 532 g/mol. The maximum atomic E-state index is 13.3. The second-order valence-corrected chi connectivity index (χ2v) is 18.7. The Balaban J connectivity index is 1.77. The Morgan fingerprint density at radius 2 is 1.76 bits per heavy atom. The Morgan fingerprint density at radius 1 is 1.14 bits per heavy atom. The number of aryl methyl sites for hydroxylation is 1. The van der Waals surface area contributed by atoms with Gasteiger partial charge in [0, 0.05) is 11.8 Å². The average Bonchev–Trinajstić information content (AvgIpc) is 2.80. The largest absolute Gasteiger partial charge is 0.481 e. The molecular weight excluding hydrogens is 483 g/mol. The van der Waals surface area contributed by atoms with Crippen LogP contribution >= 0.6 is 0 Å². The van der Waals surface area contributed by atoms with Crippen molar-refractivity contribution in [3.63, 3.8) is 0 Å². The van der Waals surface area contributed by atoms with Gasteiger partial charge in [-0.25, -0.2) is 4.39 Å². The molecule has 1 N–H and O–H groups in total. The fraction of sp³-hybridized carbons (Fsp3) is 0.710. The molecule has 1 aliphatic heterocycles. The Kier molecular flexibility index (Phi) is 9.85. The number of ether oxygens (including phenoxy) is 2. The molecule has 0 bridgehead atoms. The number of benzene rings is 1. The van der Waals surface area contributed by atoms with Crippen molar-refractivity contribution in [2.24, 2.45) is 29.1 Å². The first kappa shape index (κ1) is 30.0. The van der Waals surface area contributed by atoms with Gasteiger partial charge in [0.2, 0.25) is 0 Å². The first-order valence-electron chi connectivity index (χ1n) is 14.2. The van der Waals surface area contributed by atoms with E-state index in [0.29, 0.717) is 31.5 Å². The minimum atomic E-state index is -1.59. The highest BCUT2D eigenvalue weighted by Gasteiger charge is 2.42. The number of carboxylic acids is 1. The van der Waals surface area contributed by atoms with Gasteiger partial charge in [0.15, 0.2) is 5.79 Å². The summed E-state index contributed by atoms with van der Waals surface area (Å²) >= 11 is 0. The van der Waals surface area contributed by atoms with E-state index in [1.165, 1.54) is 17.7 Å². The molecule has 1 aliphatic carbocycles. The van der Waals surface area contributed by atoms with Crippen molar-refractivity contribution >= 4 is 14.0 Å². The van der Waals surface area contributed by atoms with E-state index in [0.717, 1.165) is 44.1 Å². The van der Waals surface area contributed by atoms with Gasteiger partial charge in [0.1, 0.15) is 5.82 Å². The van der Waals surface area contributed by atoms with Gasteiger partial charge in [-0.05, 0) is 80.9 Å². The molecule has 1 aromatic rings. The molecule has 4 atom stereocenters. The van der Waals surface area contributed by atoms with Gasteiger partial charge in [-0.15, -0.1) is 0 Å². The zero-order valence-electron chi connectivity index (χ0n) is 24.1. The van der Waals surface area contributed by atoms with Crippen LogP contribution in [-0.4, -0.2) is 38.2 Å². The molecule has 4 nitrogen and oxygen atoms in total. The minimum absolute atomic E-state index is 0.0360. The van der Waals surface area contributed by atoms with Crippen molar-refractivity contribution in [2.45, 2.75) is 98.1 Å². The fourth-order valence-corrected chi connectivity index (χ4v) is 7.46. The normalized spacial score (nSPS) is 27.7. The molecule has 1 saturated carbocycles. The summed E-state index contributed by atoms with van der Waals surface area (Å²) in [5.41, 5.74) is 4.98. The Morgan fingerprint density at radius 3 is 2.32 bits per heavy atom. The van der Waals surface area contributed by atoms with Crippen molar-refractivity contribution < 1.29 is 23.8 Å². The van der Waals surface area contributed by atoms with Gasteiger partial charge in [-0.3, -0.25) is 4.79 Å². The van der Waals surface area contributed by atoms with Crippen LogP contribution in [-0.2, 0) is 20.7 Å². The number of hydrogen-bond donors (Lipinski definition) is 1. The number of carboxylic acid groups (broad SMARTS) is 1. The third-order valence-electron chi connectivity index (χ3n) is 8.22. The fourth-order valence-electron chi connectivity index (χ4n) is 6.03. The van der Waals surface area contributed by atoms with Crippen LogP contribution in [0.2, 0.25) is 19.6 Å². The number of carbonyl (C=O) groups is 1. The molecule has 1 saturated heterocycles. The second kappa shape index (κ2) is 12.1. The molecule has 2 aliphatic rings. The smallest absolute Gasteiger partial charge is 0.307 e. The van der Waals surface area contributed by atoms with Crippen molar-refractivity contribution in [2.75, 3.05) is 13.2 Å². The predicted octanol–water partition coefficient (Wildman–Crippen LogP) is 7.88. The summed E-state index contributed by atoms with van der Waals surface area (Å²) in [5.74, 6) is -0.965. The highest BCUT2D eigenvalue weighted by atomic mass is 28.3. The molecule has 1 heterocycles. The van der Waals surface area contributed by atoms with Crippen molar-refractivity contribution in [3.8, 4) is 0 Å². The minimum Gasteiger partial charge on any atom is -0.481 e. The lowest BCUT2D eigenvalue weighted by Crippen LogP contribution is -2.46. The standard InChI is InChI=1S/C31H49FO4Si/c1-22-11-16-26(27(29(33)34)10-8-9-23-12-14-24(32)15-13-23)28(19-37(5,6)7)25(22)17-18-31(4)35-20-30(2,3)21-36-31/h12-15,19,22,25-27H,8-11,16-18,20-21H2,1-7H3,(H,33,34)/b28-19+/t22-,25+,26+,27?/m1/s1. The summed E-state index contributed by atoms with van der Waals surface area (Å²) in [7, 11) is -1.59. The number of aliphatic carboxylic acids is 1. The zero-order chi connectivity index (χ0) is 27.4. The first-order valence-corrected chi connectivity index (χ1v) is 17.7. The lowest BCUT2D eigenvalue weighted by Gasteiger charge is -2.44. The van der Waals surface area contributed by atoms with Crippen LogP contribution in [0.4, 0.5) is 4.39 Å². The van der Waals surface area contributed by atoms with E-state index in [-0.39, 0.29) is 17.2 Å². The van der Waals surface area contributed by atoms with Crippen LogP contribution < -0.4 is 0 Å². The van der Waals surface area contributed by atoms with E-state index >= 15 is 0 Å². The molecule has 0 spiro atoms. The lowest BCUT2D eigenvalue weighted by atomic mass is 9.65. The van der Waals surface area contributed by atoms with Crippen LogP contribution in [0.25, 0.3) is 0 Å². The quantitative estimate of drug-likeness (QED) is 0.311. The van der Waals surface area contributed by atoms with Crippen molar-refractivity contribution in [1.82, 2.24) is 0 Å². The van der Waals surface area contributed by atoms with Crippen LogP contribution in [0.1, 0.15) is 71.8 Å². The number of allylic oxidation sites excluding steroid dienone is 1. The predicted molar refractivity (Wildman–Crippen MR) is 151 cm³/mol. The van der Waals surface area contributed by atoms with Crippen LogP contribution in [0.5, 0.6) is 0 Å². The third-order valence-corrected chi connectivity index (χ3v) is 9.42. The van der Waals surface area contributed by atoms with Gasteiger partial charge in [-0.2, -0.15) is 0 Å².